The second-order valence-corrected chi connectivity index (χ2v) is 5.89. The summed E-state index contributed by atoms with van der Waals surface area (Å²) in [5, 5.41) is 0. The summed E-state index contributed by atoms with van der Waals surface area (Å²) in [4.78, 5) is 2.68. The van der Waals surface area contributed by atoms with Crippen LogP contribution in [0.5, 0.6) is 0 Å². The van der Waals surface area contributed by atoms with E-state index in [9.17, 15) is 0 Å². The molecular weight excluding hydrogens is 196 g/mol. The maximum Gasteiger partial charge on any atom is 0.00676 e. The third-order valence-corrected chi connectivity index (χ3v) is 4.29. The highest BCUT2D eigenvalue weighted by molar-refractivity contribution is 4.82. The van der Waals surface area contributed by atoms with Crippen LogP contribution < -0.4 is 5.73 Å². The summed E-state index contributed by atoms with van der Waals surface area (Å²) in [5.41, 5.74) is 6.13. The molecule has 16 heavy (non-hydrogen) atoms. The van der Waals surface area contributed by atoms with Crippen LogP contribution in [-0.4, -0.2) is 30.6 Å². The topological polar surface area (TPSA) is 29.3 Å². The summed E-state index contributed by atoms with van der Waals surface area (Å²) in [7, 11) is 0. The fourth-order valence-corrected chi connectivity index (χ4v) is 3.05. The minimum Gasteiger partial charge on any atom is -0.327 e. The zero-order chi connectivity index (χ0) is 11.4. The van der Waals surface area contributed by atoms with Crippen LogP contribution in [0.4, 0.5) is 0 Å². The average Bonchev–Trinajstić information content (AvgIpc) is 2.98. The van der Waals surface area contributed by atoms with Crippen LogP contribution in [0.15, 0.2) is 0 Å². The monoisotopic (exact) mass is 224 g/mol. The van der Waals surface area contributed by atoms with Gasteiger partial charge in [-0.1, -0.05) is 13.3 Å². The van der Waals surface area contributed by atoms with E-state index in [4.69, 9.17) is 5.73 Å². The second-order valence-electron chi connectivity index (χ2n) is 5.89. The largest absolute Gasteiger partial charge is 0.327 e. The maximum absolute atomic E-state index is 6.13. The quantitative estimate of drug-likeness (QED) is 0.720. The summed E-state index contributed by atoms with van der Waals surface area (Å²) in [6.07, 6.45) is 9.59. The molecule has 0 aliphatic heterocycles. The van der Waals surface area contributed by atoms with E-state index in [1.807, 2.05) is 0 Å². The van der Waals surface area contributed by atoms with E-state index in [1.165, 1.54) is 64.6 Å². The van der Waals surface area contributed by atoms with Gasteiger partial charge in [0.1, 0.15) is 0 Å². The Morgan fingerprint density at radius 2 is 1.94 bits per heavy atom. The first-order valence-corrected chi connectivity index (χ1v) is 7.27. The van der Waals surface area contributed by atoms with Gasteiger partial charge in [0, 0.05) is 12.6 Å². The van der Waals surface area contributed by atoms with Crippen LogP contribution in [0.3, 0.4) is 0 Å². The Bertz CT molecular complexity index is 201. The standard InChI is InChI=1S/C14H28N2/c1-2-9-16(11-12-6-7-12)10-8-13-4-3-5-14(13)15/h12-14H,2-11,15H2,1H3. The Morgan fingerprint density at radius 1 is 1.12 bits per heavy atom. The van der Waals surface area contributed by atoms with E-state index >= 15 is 0 Å². The van der Waals surface area contributed by atoms with Crippen molar-refractivity contribution in [3.8, 4) is 0 Å². The molecule has 0 aromatic heterocycles. The van der Waals surface area contributed by atoms with Crippen LogP contribution in [0.1, 0.15) is 51.9 Å². The zero-order valence-corrected chi connectivity index (χ0v) is 10.8. The average molecular weight is 224 g/mol. The maximum atomic E-state index is 6.13. The fourth-order valence-electron chi connectivity index (χ4n) is 3.05. The minimum atomic E-state index is 0.504. The molecule has 2 N–H and O–H groups in total. The molecule has 0 saturated heterocycles. The Balaban J connectivity index is 1.67. The van der Waals surface area contributed by atoms with Gasteiger partial charge in [-0.25, -0.2) is 0 Å². The molecule has 0 aromatic carbocycles. The summed E-state index contributed by atoms with van der Waals surface area (Å²) in [5.74, 6) is 1.85. The molecular formula is C14H28N2. The molecule has 2 aliphatic carbocycles. The first kappa shape index (κ1) is 12.4. The van der Waals surface area contributed by atoms with Gasteiger partial charge in [-0.15, -0.1) is 0 Å². The third kappa shape index (κ3) is 3.74. The van der Waals surface area contributed by atoms with Gasteiger partial charge in [0.25, 0.3) is 0 Å². The van der Waals surface area contributed by atoms with E-state index < -0.39 is 0 Å². The Morgan fingerprint density at radius 3 is 2.50 bits per heavy atom. The first-order valence-electron chi connectivity index (χ1n) is 7.27. The van der Waals surface area contributed by atoms with Crippen LogP contribution >= 0.6 is 0 Å². The van der Waals surface area contributed by atoms with Crippen LogP contribution in [0.25, 0.3) is 0 Å². The van der Waals surface area contributed by atoms with Crippen LogP contribution in [0.2, 0.25) is 0 Å². The lowest BCUT2D eigenvalue weighted by Crippen LogP contribution is -2.32. The molecule has 0 radical (unpaired) electrons. The van der Waals surface area contributed by atoms with Crippen molar-refractivity contribution < 1.29 is 0 Å². The Labute approximate surface area is 101 Å². The van der Waals surface area contributed by atoms with Crippen molar-refractivity contribution in [2.45, 2.75) is 57.9 Å². The fraction of sp³-hybridized carbons (Fsp3) is 1.00. The molecule has 2 aliphatic rings. The lowest BCUT2D eigenvalue weighted by molar-refractivity contribution is 0.238. The Hall–Kier alpha value is -0.0800. The summed E-state index contributed by atoms with van der Waals surface area (Å²) >= 11 is 0. The van der Waals surface area contributed by atoms with Gasteiger partial charge in [-0.2, -0.15) is 0 Å². The molecule has 2 nitrogen and oxygen atoms in total. The van der Waals surface area contributed by atoms with E-state index in [0.717, 1.165) is 11.8 Å². The number of hydrogen-bond donors (Lipinski definition) is 1. The first-order chi connectivity index (χ1) is 7.79. The molecule has 0 aromatic rings. The predicted octanol–water partition coefficient (Wildman–Crippen LogP) is 2.63. The van der Waals surface area contributed by atoms with Crippen molar-refractivity contribution in [2.24, 2.45) is 17.6 Å². The van der Waals surface area contributed by atoms with Gasteiger partial charge in [0.15, 0.2) is 0 Å². The highest BCUT2D eigenvalue weighted by Crippen LogP contribution is 2.31. The molecule has 0 amide bonds. The number of nitrogens with zero attached hydrogens (tertiary/aromatic N) is 1. The van der Waals surface area contributed by atoms with Crippen molar-refractivity contribution in [2.75, 3.05) is 19.6 Å². The van der Waals surface area contributed by atoms with Gasteiger partial charge < -0.3 is 10.6 Å². The lowest BCUT2D eigenvalue weighted by Gasteiger charge is -2.24. The highest BCUT2D eigenvalue weighted by atomic mass is 15.1. The summed E-state index contributed by atoms with van der Waals surface area (Å²) in [6.45, 7) is 6.23. The SMILES string of the molecule is CCCN(CCC1CCCC1N)CC1CC1. The van der Waals surface area contributed by atoms with Crippen molar-refractivity contribution in [1.29, 1.82) is 0 Å². The molecule has 0 heterocycles. The van der Waals surface area contributed by atoms with Crippen molar-refractivity contribution in [1.82, 2.24) is 4.90 Å². The highest BCUT2D eigenvalue weighted by Gasteiger charge is 2.26. The van der Waals surface area contributed by atoms with Crippen molar-refractivity contribution in [3.05, 3.63) is 0 Å². The van der Waals surface area contributed by atoms with Gasteiger partial charge in [0.05, 0.1) is 0 Å². The normalized spacial score (nSPS) is 30.2. The van der Waals surface area contributed by atoms with Gasteiger partial charge >= 0.3 is 0 Å². The van der Waals surface area contributed by atoms with Crippen molar-refractivity contribution in [3.63, 3.8) is 0 Å². The molecule has 2 fully saturated rings. The smallest absolute Gasteiger partial charge is 0.00676 e. The lowest BCUT2D eigenvalue weighted by atomic mass is 10.00. The molecule has 2 unspecified atom stereocenters. The van der Waals surface area contributed by atoms with E-state index in [0.29, 0.717) is 6.04 Å². The number of nitrogens with two attached hydrogens (primary N) is 1. The molecule has 94 valence electrons. The van der Waals surface area contributed by atoms with Gasteiger partial charge in [-0.3, -0.25) is 0 Å². The summed E-state index contributed by atoms with van der Waals surface area (Å²) < 4.78 is 0. The second kappa shape index (κ2) is 6.02. The minimum absolute atomic E-state index is 0.504. The van der Waals surface area contributed by atoms with E-state index in [-0.39, 0.29) is 0 Å². The molecule has 2 rings (SSSR count). The zero-order valence-electron chi connectivity index (χ0n) is 10.8. The van der Waals surface area contributed by atoms with Crippen LogP contribution in [0, 0.1) is 11.8 Å². The molecule has 2 saturated carbocycles. The molecule has 2 heteroatoms. The van der Waals surface area contributed by atoms with Crippen LogP contribution in [-0.2, 0) is 0 Å². The third-order valence-electron chi connectivity index (χ3n) is 4.29. The molecule has 0 bridgehead atoms. The van der Waals surface area contributed by atoms with E-state index in [1.54, 1.807) is 0 Å². The number of hydrogen-bond acceptors (Lipinski definition) is 2. The van der Waals surface area contributed by atoms with Crippen molar-refractivity contribution >= 4 is 0 Å². The van der Waals surface area contributed by atoms with Gasteiger partial charge in [0.2, 0.25) is 0 Å². The number of rotatable bonds is 7. The van der Waals surface area contributed by atoms with Gasteiger partial charge in [-0.05, 0) is 63.5 Å². The Kier molecular flexibility index (Phi) is 4.66. The predicted molar refractivity (Wildman–Crippen MR) is 69.4 cm³/mol. The summed E-state index contributed by atoms with van der Waals surface area (Å²) in [6, 6.07) is 0.504. The molecule has 0 spiro atoms. The van der Waals surface area contributed by atoms with E-state index in [2.05, 4.69) is 11.8 Å². The molecule has 2 atom stereocenters.